The summed E-state index contributed by atoms with van der Waals surface area (Å²) in [4.78, 5) is 20.4. The van der Waals surface area contributed by atoms with Crippen molar-refractivity contribution in [3.63, 3.8) is 0 Å². The third-order valence-corrected chi connectivity index (χ3v) is 3.53. The summed E-state index contributed by atoms with van der Waals surface area (Å²) in [5, 5.41) is 6.34. The Bertz CT molecular complexity index is 686. The molecule has 7 heteroatoms. The van der Waals surface area contributed by atoms with E-state index in [1.807, 2.05) is 0 Å². The molecule has 1 amide bonds. The molecular weight excluding hydrogens is 304 g/mol. The van der Waals surface area contributed by atoms with Gasteiger partial charge in [-0.1, -0.05) is 11.6 Å². The van der Waals surface area contributed by atoms with Crippen molar-refractivity contribution in [3.05, 3.63) is 41.2 Å². The lowest BCUT2D eigenvalue weighted by atomic mass is 10.2. The first-order chi connectivity index (χ1) is 10.7. The predicted octanol–water partition coefficient (Wildman–Crippen LogP) is 2.97. The van der Waals surface area contributed by atoms with E-state index in [4.69, 9.17) is 16.3 Å². The quantitative estimate of drug-likeness (QED) is 0.886. The second-order valence-electron chi connectivity index (χ2n) is 5.02. The third kappa shape index (κ3) is 3.46. The highest BCUT2D eigenvalue weighted by atomic mass is 35.5. The van der Waals surface area contributed by atoms with Crippen molar-refractivity contribution in [1.82, 2.24) is 9.97 Å². The van der Waals surface area contributed by atoms with Crippen LogP contribution >= 0.6 is 11.6 Å². The minimum Gasteiger partial charge on any atom is -0.495 e. The average molecular weight is 319 g/mol. The number of hydrogen-bond acceptors (Lipinski definition) is 5. The van der Waals surface area contributed by atoms with Gasteiger partial charge in [0, 0.05) is 24.1 Å². The van der Waals surface area contributed by atoms with Crippen molar-refractivity contribution in [1.29, 1.82) is 0 Å². The van der Waals surface area contributed by atoms with Gasteiger partial charge in [-0.2, -0.15) is 0 Å². The Hall–Kier alpha value is -2.34. The van der Waals surface area contributed by atoms with E-state index < -0.39 is 0 Å². The zero-order chi connectivity index (χ0) is 15.5. The first-order valence-corrected chi connectivity index (χ1v) is 7.27. The van der Waals surface area contributed by atoms with E-state index in [0.29, 0.717) is 34.0 Å². The molecule has 0 bridgehead atoms. The molecule has 0 atom stereocenters. The number of carbonyl (C=O) groups is 1. The number of methoxy groups -OCH3 is 1. The molecule has 2 aromatic rings. The van der Waals surface area contributed by atoms with Crippen LogP contribution in [0.5, 0.6) is 5.75 Å². The molecule has 1 aliphatic rings. The molecule has 1 saturated carbocycles. The summed E-state index contributed by atoms with van der Waals surface area (Å²) in [5.74, 6) is 0.809. The normalized spacial score (nSPS) is 13.5. The Morgan fingerprint density at radius 2 is 2.05 bits per heavy atom. The Morgan fingerprint density at radius 3 is 2.64 bits per heavy atom. The van der Waals surface area contributed by atoms with Gasteiger partial charge < -0.3 is 15.4 Å². The Morgan fingerprint density at radius 1 is 1.32 bits per heavy atom. The minimum absolute atomic E-state index is 0.292. The van der Waals surface area contributed by atoms with Gasteiger partial charge in [0.15, 0.2) is 0 Å². The lowest BCUT2D eigenvalue weighted by Crippen LogP contribution is -2.13. The molecule has 114 valence electrons. The first kappa shape index (κ1) is 14.6. The van der Waals surface area contributed by atoms with Crippen LogP contribution in [0.4, 0.5) is 11.6 Å². The topological polar surface area (TPSA) is 76.1 Å². The van der Waals surface area contributed by atoms with E-state index in [-0.39, 0.29) is 5.91 Å². The van der Waals surface area contributed by atoms with Crippen LogP contribution in [0.2, 0.25) is 5.02 Å². The molecule has 0 saturated heterocycles. The van der Waals surface area contributed by atoms with Crippen molar-refractivity contribution < 1.29 is 9.53 Å². The van der Waals surface area contributed by atoms with Crippen molar-refractivity contribution in [2.24, 2.45) is 0 Å². The predicted molar refractivity (Wildman–Crippen MR) is 84.6 cm³/mol. The number of aromatic nitrogens is 2. The van der Waals surface area contributed by atoms with Gasteiger partial charge >= 0.3 is 0 Å². The second kappa shape index (κ2) is 6.19. The summed E-state index contributed by atoms with van der Waals surface area (Å²) < 4.78 is 5.07. The summed E-state index contributed by atoms with van der Waals surface area (Å²) in [6.07, 6.45) is 5.28. The number of nitrogens with zero attached hydrogens (tertiary/aromatic N) is 2. The highest BCUT2D eigenvalue weighted by molar-refractivity contribution is 6.32. The molecule has 1 fully saturated rings. The van der Waals surface area contributed by atoms with Crippen LogP contribution < -0.4 is 15.4 Å². The number of amides is 1. The molecule has 0 spiro atoms. The van der Waals surface area contributed by atoms with Gasteiger partial charge in [0.05, 0.1) is 17.7 Å². The maximum absolute atomic E-state index is 12.1. The summed E-state index contributed by atoms with van der Waals surface area (Å²) in [6.45, 7) is 0. The minimum atomic E-state index is -0.292. The zero-order valence-corrected chi connectivity index (χ0v) is 12.7. The maximum atomic E-state index is 12.1. The lowest BCUT2D eigenvalue weighted by molar-refractivity contribution is 0.102. The Labute approximate surface area is 132 Å². The van der Waals surface area contributed by atoms with Gasteiger partial charge in [0.25, 0.3) is 5.91 Å². The van der Waals surface area contributed by atoms with E-state index in [1.165, 1.54) is 19.5 Å². The number of rotatable bonds is 5. The van der Waals surface area contributed by atoms with E-state index in [2.05, 4.69) is 20.6 Å². The molecule has 1 aliphatic carbocycles. The van der Waals surface area contributed by atoms with E-state index in [0.717, 1.165) is 12.8 Å². The summed E-state index contributed by atoms with van der Waals surface area (Å²) in [6, 6.07) is 5.51. The van der Waals surface area contributed by atoms with Crippen molar-refractivity contribution in [2.75, 3.05) is 17.7 Å². The van der Waals surface area contributed by atoms with Crippen molar-refractivity contribution in [3.8, 4) is 5.75 Å². The summed E-state index contributed by atoms with van der Waals surface area (Å²) >= 11 is 6.02. The van der Waals surface area contributed by atoms with Crippen molar-refractivity contribution in [2.45, 2.75) is 18.9 Å². The number of benzene rings is 1. The fourth-order valence-corrected chi connectivity index (χ4v) is 2.14. The first-order valence-electron chi connectivity index (χ1n) is 6.89. The van der Waals surface area contributed by atoms with E-state index in [9.17, 15) is 4.79 Å². The van der Waals surface area contributed by atoms with E-state index in [1.54, 1.807) is 18.2 Å². The molecule has 3 rings (SSSR count). The molecule has 22 heavy (non-hydrogen) atoms. The molecule has 1 heterocycles. The second-order valence-corrected chi connectivity index (χ2v) is 5.42. The molecule has 0 aliphatic heterocycles. The molecule has 2 N–H and O–H groups in total. The molecule has 0 radical (unpaired) electrons. The van der Waals surface area contributed by atoms with Gasteiger partial charge in [-0.3, -0.25) is 4.79 Å². The van der Waals surface area contributed by atoms with Gasteiger partial charge in [0.1, 0.15) is 5.75 Å². The van der Waals surface area contributed by atoms with Crippen LogP contribution in [0, 0.1) is 0 Å². The standard InChI is InChI=1S/C15H15ClN4O2/c1-22-13-5-4-11(6-12(13)16)19-14(21)9-7-17-15(18-8-9)20-10-2-3-10/h4-8,10H,2-3H2,1H3,(H,19,21)(H,17,18,20). The summed E-state index contributed by atoms with van der Waals surface area (Å²) in [7, 11) is 1.54. The van der Waals surface area contributed by atoms with Crippen LogP contribution in [-0.4, -0.2) is 29.0 Å². The van der Waals surface area contributed by atoms with Gasteiger partial charge in [-0.15, -0.1) is 0 Å². The maximum Gasteiger partial charge on any atom is 0.258 e. The van der Waals surface area contributed by atoms with E-state index >= 15 is 0 Å². The molecule has 1 aromatic heterocycles. The number of ether oxygens (including phenoxy) is 1. The van der Waals surface area contributed by atoms with Gasteiger partial charge in [-0.05, 0) is 31.0 Å². The third-order valence-electron chi connectivity index (χ3n) is 3.23. The number of hydrogen-bond donors (Lipinski definition) is 2. The van der Waals surface area contributed by atoms with Crippen molar-refractivity contribution >= 4 is 29.1 Å². The lowest BCUT2D eigenvalue weighted by Gasteiger charge is -2.08. The Balaban J connectivity index is 1.66. The molecule has 0 unspecified atom stereocenters. The molecular formula is C15H15ClN4O2. The summed E-state index contributed by atoms with van der Waals surface area (Å²) in [5.41, 5.74) is 0.962. The number of halogens is 1. The highest BCUT2D eigenvalue weighted by Gasteiger charge is 2.21. The van der Waals surface area contributed by atoms with Crippen LogP contribution in [-0.2, 0) is 0 Å². The van der Waals surface area contributed by atoms with Crippen LogP contribution in [0.15, 0.2) is 30.6 Å². The average Bonchev–Trinajstić information content (AvgIpc) is 3.32. The zero-order valence-electron chi connectivity index (χ0n) is 12.0. The van der Waals surface area contributed by atoms with Gasteiger partial charge in [-0.25, -0.2) is 9.97 Å². The molecule has 1 aromatic carbocycles. The number of nitrogens with one attached hydrogen (secondary N) is 2. The van der Waals surface area contributed by atoms with Crippen LogP contribution in [0.3, 0.4) is 0 Å². The van der Waals surface area contributed by atoms with Crippen LogP contribution in [0.25, 0.3) is 0 Å². The smallest absolute Gasteiger partial charge is 0.258 e. The highest BCUT2D eigenvalue weighted by Crippen LogP contribution is 2.27. The van der Waals surface area contributed by atoms with Gasteiger partial charge in [0.2, 0.25) is 5.95 Å². The Kier molecular flexibility index (Phi) is 4.11. The molecule has 6 nitrogen and oxygen atoms in total. The monoisotopic (exact) mass is 318 g/mol. The SMILES string of the molecule is COc1ccc(NC(=O)c2cnc(NC3CC3)nc2)cc1Cl. The number of anilines is 2. The fourth-order valence-electron chi connectivity index (χ4n) is 1.88. The number of carbonyl (C=O) groups excluding carboxylic acids is 1. The fraction of sp³-hybridized carbons (Fsp3) is 0.267. The largest absolute Gasteiger partial charge is 0.495 e. The van der Waals surface area contributed by atoms with Crippen LogP contribution in [0.1, 0.15) is 23.2 Å².